The molecule has 5 nitrogen and oxygen atoms in total. The van der Waals surface area contributed by atoms with Crippen LogP contribution < -0.4 is 5.32 Å². The highest BCUT2D eigenvalue weighted by Gasteiger charge is 2.16. The normalized spacial score (nSPS) is 10.2. The number of likely N-dealkylation sites (N-methyl/N-ethyl adjacent to an activating group) is 1. The van der Waals surface area contributed by atoms with Crippen LogP contribution in [-0.2, 0) is 4.79 Å². The predicted molar refractivity (Wildman–Crippen MR) is 82.5 cm³/mol. The lowest BCUT2D eigenvalue weighted by Gasteiger charge is -2.16. The van der Waals surface area contributed by atoms with Gasteiger partial charge in [-0.3, -0.25) is 9.59 Å². The van der Waals surface area contributed by atoms with Gasteiger partial charge in [0.15, 0.2) is 0 Å². The fourth-order valence-electron chi connectivity index (χ4n) is 1.83. The molecule has 6 heteroatoms. The molecule has 0 aliphatic rings. The number of amides is 2. The number of anilines is 1. The van der Waals surface area contributed by atoms with Gasteiger partial charge in [0, 0.05) is 11.9 Å². The first-order valence-corrected chi connectivity index (χ1v) is 7.55. The molecule has 110 valence electrons. The molecule has 21 heavy (non-hydrogen) atoms. The maximum absolute atomic E-state index is 12.0. The molecule has 1 aromatic heterocycles. The number of rotatable bonds is 5. The van der Waals surface area contributed by atoms with E-state index in [-0.39, 0.29) is 18.4 Å². The van der Waals surface area contributed by atoms with Gasteiger partial charge in [-0.2, -0.15) is 0 Å². The minimum absolute atomic E-state index is 0.0211. The fraction of sp³-hybridized carbons (Fsp3) is 0.200. The van der Waals surface area contributed by atoms with Crippen LogP contribution in [0.3, 0.4) is 0 Å². The van der Waals surface area contributed by atoms with Gasteiger partial charge in [0.2, 0.25) is 5.91 Å². The molecule has 1 aromatic carbocycles. The summed E-state index contributed by atoms with van der Waals surface area (Å²) in [5.74, 6) is -0.493. The van der Waals surface area contributed by atoms with E-state index in [4.69, 9.17) is 4.42 Å². The molecule has 0 saturated heterocycles. The zero-order chi connectivity index (χ0) is 15.2. The average Bonchev–Trinajstić information content (AvgIpc) is 3.01. The van der Waals surface area contributed by atoms with Crippen LogP contribution in [0.2, 0.25) is 0 Å². The zero-order valence-electron chi connectivity index (χ0n) is 11.8. The summed E-state index contributed by atoms with van der Waals surface area (Å²) in [7, 11) is 1.58. The van der Waals surface area contributed by atoms with Crippen LogP contribution in [0.4, 0.5) is 5.69 Å². The van der Waals surface area contributed by atoms with E-state index in [1.807, 2.05) is 30.5 Å². The summed E-state index contributed by atoms with van der Waals surface area (Å²) in [5, 5.41) is 2.82. The lowest BCUT2D eigenvalue weighted by molar-refractivity contribution is -0.116. The van der Waals surface area contributed by atoms with E-state index in [2.05, 4.69) is 5.32 Å². The molecular formula is C15H16N2O3S. The minimum Gasteiger partial charge on any atom is -0.472 e. The Hall–Kier alpha value is -2.21. The van der Waals surface area contributed by atoms with Gasteiger partial charge in [-0.15, -0.1) is 11.8 Å². The van der Waals surface area contributed by atoms with E-state index in [0.29, 0.717) is 5.56 Å². The van der Waals surface area contributed by atoms with Crippen molar-refractivity contribution in [1.82, 2.24) is 4.90 Å². The van der Waals surface area contributed by atoms with Gasteiger partial charge >= 0.3 is 0 Å². The summed E-state index contributed by atoms with van der Waals surface area (Å²) in [6, 6.07) is 9.10. The minimum atomic E-state index is -0.253. The lowest BCUT2D eigenvalue weighted by atomic mass is 10.3. The van der Waals surface area contributed by atoms with Crippen LogP contribution in [0.15, 0.2) is 52.2 Å². The highest BCUT2D eigenvalue weighted by atomic mass is 32.2. The van der Waals surface area contributed by atoms with Crippen LogP contribution in [0.25, 0.3) is 0 Å². The van der Waals surface area contributed by atoms with E-state index < -0.39 is 0 Å². The van der Waals surface area contributed by atoms with E-state index >= 15 is 0 Å². The van der Waals surface area contributed by atoms with Crippen molar-refractivity contribution in [3.05, 3.63) is 48.4 Å². The number of furan rings is 1. The van der Waals surface area contributed by atoms with Crippen molar-refractivity contribution < 1.29 is 14.0 Å². The molecule has 0 spiro atoms. The summed E-state index contributed by atoms with van der Waals surface area (Å²) < 4.78 is 4.87. The van der Waals surface area contributed by atoms with Gasteiger partial charge in [0.05, 0.1) is 24.1 Å². The van der Waals surface area contributed by atoms with Crippen LogP contribution >= 0.6 is 11.8 Å². The number of hydrogen-bond acceptors (Lipinski definition) is 4. The Labute approximate surface area is 127 Å². The number of carbonyl (C=O) groups is 2. The van der Waals surface area contributed by atoms with Crippen LogP contribution in [0.5, 0.6) is 0 Å². The standard InChI is InChI=1S/C15H16N2O3S/c1-17(15(19)11-7-8-20-10-11)9-14(18)16-12-5-3-4-6-13(12)21-2/h3-8,10H,9H2,1-2H3,(H,16,18). The first-order chi connectivity index (χ1) is 10.1. The lowest BCUT2D eigenvalue weighted by Crippen LogP contribution is -2.34. The van der Waals surface area contributed by atoms with E-state index in [1.54, 1.807) is 24.9 Å². The smallest absolute Gasteiger partial charge is 0.257 e. The molecule has 2 amide bonds. The summed E-state index contributed by atoms with van der Waals surface area (Å²) in [6.07, 6.45) is 4.73. The Morgan fingerprint density at radius 1 is 1.29 bits per heavy atom. The molecule has 1 N–H and O–H groups in total. The quantitative estimate of drug-likeness (QED) is 0.863. The van der Waals surface area contributed by atoms with E-state index in [9.17, 15) is 9.59 Å². The van der Waals surface area contributed by atoms with Crippen molar-refractivity contribution in [2.45, 2.75) is 4.90 Å². The number of hydrogen-bond donors (Lipinski definition) is 1. The Balaban J connectivity index is 1.97. The third-order valence-electron chi connectivity index (χ3n) is 2.88. The molecule has 2 rings (SSSR count). The fourth-order valence-corrected chi connectivity index (χ4v) is 2.39. The maximum atomic E-state index is 12.0. The molecule has 0 fully saturated rings. The summed E-state index contributed by atoms with van der Waals surface area (Å²) in [5.41, 5.74) is 1.17. The number of para-hydroxylation sites is 1. The number of carbonyl (C=O) groups excluding carboxylic acids is 2. The van der Waals surface area contributed by atoms with Crippen molar-refractivity contribution in [1.29, 1.82) is 0 Å². The van der Waals surface area contributed by atoms with Crippen molar-refractivity contribution in [3.63, 3.8) is 0 Å². The topological polar surface area (TPSA) is 62.6 Å². The van der Waals surface area contributed by atoms with Gasteiger partial charge in [0.1, 0.15) is 6.26 Å². The number of nitrogens with zero attached hydrogens (tertiary/aromatic N) is 1. The summed E-state index contributed by atoms with van der Waals surface area (Å²) in [4.78, 5) is 26.4. The number of nitrogens with one attached hydrogen (secondary N) is 1. The first-order valence-electron chi connectivity index (χ1n) is 6.32. The molecule has 0 atom stereocenters. The number of thioether (sulfide) groups is 1. The molecular weight excluding hydrogens is 288 g/mol. The second-order valence-electron chi connectivity index (χ2n) is 4.42. The zero-order valence-corrected chi connectivity index (χ0v) is 12.6. The van der Waals surface area contributed by atoms with Gasteiger partial charge in [-0.05, 0) is 24.5 Å². The van der Waals surface area contributed by atoms with Gasteiger partial charge in [-0.1, -0.05) is 12.1 Å². The SMILES string of the molecule is CSc1ccccc1NC(=O)CN(C)C(=O)c1ccoc1. The van der Waals surface area contributed by atoms with Gasteiger partial charge in [-0.25, -0.2) is 0 Å². The van der Waals surface area contributed by atoms with Gasteiger partial charge < -0.3 is 14.6 Å². The van der Waals surface area contributed by atoms with Crippen LogP contribution in [0, 0.1) is 0 Å². The third-order valence-corrected chi connectivity index (χ3v) is 3.67. The Kier molecular flexibility index (Phi) is 5.05. The Morgan fingerprint density at radius 2 is 2.05 bits per heavy atom. The maximum Gasteiger partial charge on any atom is 0.257 e. The van der Waals surface area contributed by atoms with Crippen LogP contribution in [-0.4, -0.2) is 36.6 Å². The molecule has 0 aliphatic carbocycles. The third kappa shape index (κ3) is 3.88. The van der Waals surface area contributed by atoms with Crippen molar-refractivity contribution in [3.8, 4) is 0 Å². The average molecular weight is 304 g/mol. The molecule has 1 heterocycles. The number of benzene rings is 1. The van der Waals surface area contributed by atoms with E-state index in [0.717, 1.165) is 10.6 Å². The molecule has 0 bridgehead atoms. The second kappa shape index (κ2) is 6.99. The van der Waals surface area contributed by atoms with E-state index in [1.165, 1.54) is 17.4 Å². The summed E-state index contributed by atoms with van der Waals surface area (Å²) in [6.45, 7) is -0.0211. The Morgan fingerprint density at radius 3 is 2.71 bits per heavy atom. The monoisotopic (exact) mass is 304 g/mol. The Bertz CT molecular complexity index is 626. The second-order valence-corrected chi connectivity index (χ2v) is 5.27. The van der Waals surface area contributed by atoms with Gasteiger partial charge in [0.25, 0.3) is 5.91 Å². The van der Waals surface area contributed by atoms with Crippen LogP contribution in [0.1, 0.15) is 10.4 Å². The first kappa shape index (κ1) is 15.2. The molecule has 2 aromatic rings. The predicted octanol–water partition coefficient (Wildman–Crippen LogP) is 2.71. The largest absolute Gasteiger partial charge is 0.472 e. The molecule has 0 aliphatic heterocycles. The highest BCUT2D eigenvalue weighted by Crippen LogP contribution is 2.24. The molecule has 0 radical (unpaired) electrons. The summed E-state index contributed by atoms with van der Waals surface area (Å²) >= 11 is 1.55. The highest BCUT2D eigenvalue weighted by molar-refractivity contribution is 7.98. The van der Waals surface area contributed by atoms with Crippen molar-refractivity contribution >= 4 is 29.3 Å². The molecule has 0 saturated carbocycles. The molecule has 0 unspecified atom stereocenters. The van der Waals surface area contributed by atoms with Crippen molar-refractivity contribution in [2.75, 3.05) is 25.2 Å². The van der Waals surface area contributed by atoms with Crippen molar-refractivity contribution in [2.24, 2.45) is 0 Å².